The lowest BCUT2D eigenvalue weighted by atomic mass is 9.99. The van der Waals surface area contributed by atoms with Gasteiger partial charge >= 0.3 is 12.2 Å². The summed E-state index contributed by atoms with van der Waals surface area (Å²) in [5.74, 6) is 1.31. The monoisotopic (exact) mass is 836 g/mol. The Morgan fingerprint density at radius 2 is 1.10 bits per heavy atom. The van der Waals surface area contributed by atoms with Crippen molar-refractivity contribution in [2.24, 2.45) is 0 Å². The maximum Gasteiger partial charge on any atom is 0.407 e. The van der Waals surface area contributed by atoms with E-state index in [1.165, 1.54) is 14.1 Å². The molecule has 62 heavy (non-hydrogen) atoms. The minimum atomic E-state index is -1.19. The lowest BCUT2D eigenvalue weighted by Crippen LogP contribution is -2.43. The van der Waals surface area contributed by atoms with E-state index >= 15 is 0 Å². The van der Waals surface area contributed by atoms with Gasteiger partial charge in [0.05, 0.1) is 43.0 Å². The summed E-state index contributed by atoms with van der Waals surface area (Å²) in [6.07, 6.45) is 4.01. The van der Waals surface area contributed by atoms with Crippen molar-refractivity contribution in [3.63, 3.8) is 0 Å². The van der Waals surface area contributed by atoms with Crippen LogP contribution >= 0.6 is 0 Å². The van der Waals surface area contributed by atoms with Crippen molar-refractivity contribution >= 4 is 24.0 Å². The van der Waals surface area contributed by atoms with Gasteiger partial charge in [-0.15, -0.1) is 0 Å². The van der Waals surface area contributed by atoms with Crippen molar-refractivity contribution in [3.8, 4) is 39.4 Å². The molecule has 2 aliphatic heterocycles. The van der Waals surface area contributed by atoms with Gasteiger partial charge in [-0.05, 0) is 65.6 Å². The minimum absolute atomic E-state index is 0.287. The summed E-state index contributed by atoms with van der Waals surface area (Å²) in [5, 5.41) is 19.7. The van der Waals surface area contributed by atoms with Crippen molar-refractivity contribution in [2.75, 3.05) is 34.3 Å². The zero-order chi connectivity index (χ0) is 43.5. The SMILES string of the molecule is COc1ccc(-c2ccc(-c3cnc([C@@H]4CCCN4C(=O)[C@@H](c4ccccc4)N(C)C(=O)O)[nH]3)cc2)cc1-c1cnc([C@@H]2CCCN2C(=O)[C@@H](c2ccccc2)N(C)C(=O)O)[nH]1. The number of carbonyl (C=O) groups is 4. The Kier molecular flexibility index (Phi) is 11.8. The molecule has 0 aliphatic carbocycles. The molecule has 0 spiro atoms. The van der Waals surface area contributed by atoms with E-state index in [2.05, 4.69) is 9.97 Å². The second-order valence-electron chi connectivity index (χ2n) is 15.6. The van der Waals surface area contributed by atoms with Crippen LogP contribution < -0.4 is 4.74 Å². The van der Waals surface area contributed by atoms with Crippen LogP contribution in [0.1, 0.15) is 72.6 Å². The van der Waals surface area contributed by atoms with Gasteiger partial charge in [0.15, 0.2) is 0 Å². The molecule has 0 radical (unpaired) electrons. The summed E-state index contributed by atoms with van der Waals surface area (Å²) in [4.78, 5) is 74.1. The van der Waals surface area contributed by atoms with Crippen molar-refractivity contribution in [3.05, 3.63) is 138 Å². The highest BCUT2D eigenvalue weighted by Gasteiger charge is 2.40. The van der Waals surface area contributed by atoms with Crippen LogP contribution in [0.2, 0.25) is 0 Å². The number of amides is 4. The molecule has 6 aromatic rings. The number of ether oxygens (including phenoxy) is 1. The Hall–Kier alpha value is -7.42. The second kappa shape index (κ2) is 17.7. The smallest absolute Gasteiger partial charge is 0.407 e. The topological polar surface area (TPSA) is 188 Å². The third-order valence-corrected chi connectivity index (χ3v) is 12.0. The van der Waals surface area contributed by atoms with E-state index in [0.29, 0.717) is 60.2 Å². The Bertz CT molecular complexity index is 2560. The first-order valence-electron chi connectivity index (χ1n) is 20.6. The number of aromatic amines is 2. The molecule has 0 saturated carbocycles. The molecular formula is C47H48N8O7. The number of likely N-dealkylation sites (N-methyl/N-ethyl adjacent to an activating group) is 2. The van der Waals surface area contributed by atoms with E-state index < -0.39 is 24.3 Å². The molecule has 15 nitrogen and oxygen atoms in total. The number of nitrogens with zero attached hydrogens (tertiary/aromatic N) is 6. The van der Waals surface area contributed by atoms with Gasteiger partial charge in [-0.3, -0.25) is 19.4 Å². The van der Waals surface area contributed by atoms with E-state index in [-0.39, 0.29) is 23.9 Å². The molecule has 4 N–H and O–H groups in total. The zero-order valence-corrected chi connectivity index (χ0v) is 34.6. The number of nitrogens with one attached hydrogen (secondary N) is 2. The zero-order valence-electron chi connectivity index (χ0n) is 34.6. The van der Waals surface area contributed by atoms with Crippen molar-refractivity contribution in [1.29, 1.82) is 0 Å². The van der Waals surface area contributed by atoms with E-state index in [1.807, 2.05) is 54.6 Å². The molecule has 2 fully saturated rings. The second-order valence-corrected chi connectivity index (χ2v) is 15.6. The number of rotatable bonds is 12. The Morgan fingerprint density at radius 3 is 1.58 bits per heavy atom. The molecule has 2 saturated heterocycles. The number of aromatic nitrogens is 4. The fourth-order valence-corrected chi connectivity index (χ4v) is 8.73. The molecule has 318 valence electrons. The number of carboxylic acid groups (broad SMARTS) is 2. The van der Waals surface area contributed by atoms with Crippen LogP contribution in [0.25, 0.3) is 33.6 Å². The van der Waals surface area contributed by atoms with Crippen LogP contribution in [0, 0.1) is 0 Å². The number of likely N-dealkylation sites (tertiary alicyclic amines) is 2. The first-order chi connectivity index (χ1) is 30.0. The fraction of sp³-hybridized carbons (Fsp3) is 0.277. The average Bonchev–Trinajstić information content (AvgIpc) is 4.14. The van der Waals surface area contributed by atoms with E-state index in [9.17, 15) is 29.4 Å². The van der Waals surface area contributed by atoms with Crippen LogP contribution in [0.4, 0.5) is 9.59 Å². The fourth-order valence-electron chi connectivity index (χ4n) is 8.73. The van der Waals surface area contributed by atoms with Gasteiger partial charge < -0.3 is 34.7 Å². The summed E-state index contributed by atoms with van der Waals surface area (Å²) in [6.45, 7) is 0.973. The van der Waals surface area contributed by atoms with E-state index in [1.54, 1.807) is 77.8 Å². The summed E-state index contributed by atoms with van der Waals surface area (Å²) in [7, 11) is 4.44. The molecule has 0 bridgehead atoms. The minimum Gasteiger partial charge on any atom is -0.496 e. The number of benzene rings is 4. The number of methoxy groups -OCH3 is 1. The van der Waals surface area contributed by atoms with Crippen molar-refractivity contribution in [2.45, 2.75) is 49.9 Å². The molecule has 0 unspecified atom stereocenters. The highest BCUT2D eigenvalue weighted by Crippen LogP contribution is 2.39. The van der Waals surface area contributed by atoms with Gasteiger partial charge in [0, 0.05) is 32.7 Å². The van der Waals surface area contributed by atoms with Crippen LogP contribution in [-0.2, 0) is 9.59 Å². The Morgan fingerprint density at radius 1 is 0.645 bits per heavy atom. The van der Waals surface area contributed by atoms with Crippen LogP contribution in [0.5, 0.6) is 5.75 Å². The maximum atomic E-state index is 14.1. The Balaban J connectivity index is 0.997. The molecule has 2 aliphatic rings. The standard InChI is InChI=1S/C47H48N8O7/c1-52(46(58)59)40(31-12-6-4-7-13-31)44(56)54-24-10-16-37(54)42-48-27-35(50-42)30-20-18-29(19-21-30)33-22-23-39(62-3)34(26-33)36-28-49-43(51-36)38-17-11-25-55(38)45(57)41(53(2)47(60)61)32-14-8-5-9-15-32/h4-9,12-15,18-23,26-28,37-38,40-41H,10-11,16-17,24-25H2,1-3H3,(H,48,50)(H,49,51)(H,58,59)(H,60,61)/t37-,38-,40+,41+/m0/s1. The van der Waals surface area contributed by atoms with Gasteiger partial charge in [0.1, 0.15) is 29.5 Å². The first-order valence-corrected chi connectivity index (χ1v) is 20.6. The number of hydrogen-bond donors (Lipinski definition) is 4. The van der Waals surface area contributed by atoms with Crippen LogP contribution in [-0.4, -0.2) is 108 Å². The predicted octanol–water partition coefficient (Wildman–Crippen LogP) is 8.17. The van der Waals surface area contributed by atoms with E-state index in [0.717, 1.165) is 50.6 Å². The maximum absolute atomic E-state index is 14.1. The van der Waals surface area contributed by atoms with Gasteiger partial charge in [0.25, 0.3) is 11.8 Å². The number of carbonyl (C=O) groups excluding carboxylic acids is 2. The van der Waals surface area contributed by atoms with Gasteiger partial charge in [-0.25, -0.2) is 19.6 Å². The van der Waals surface area contributed by atoms with Gasteiger partial charge in [-0.1, -0.05) is 91.0 Å². The summed E-state index contributed by atoms with van der Waals surface area (Å²) >= 11 is 0. The lowest BCUT2D eigenvalue weighted by molar-refractivity contribution is -0.138. The van der Waals surface area contributed by atoms with Gasteiger partial charge in [0.2, 0.25) is 0 Å². The summed E-state index contributed by atoms with van der Waals surface area (Å²) < 4.78 is 5.78. The summed E-state index contributed by atoms with van der Waals surface area (Å²) in [6, 6.07) is 29.2. The van der Waals surface area contributed by atoms with Crippen molar-refractivity contribution < 1.29 is 34.1 Å². The molecule has 15 heteroatoms. The van der Waals surface area contributed by atoms with Crippen LogP contribution in [0.3, 0.4) is 0 Å². The van der Waals surface area contributed by atoms with Crippen LogP contribution in [0.15, 0.2) is 116 Å². The molecule has 4 amide bonds. The lowest BCUT2D eigenvalue weighted by Gasteiger charge is -2.32. The molecule has 4 atom stereocenters. The van der Waals surface area contributed by atoms with E-state index in [4.69, 9.17) is 14.7 Å². The predicted molar refractivity (Wildman–Crippen MR) is 231 cm³/mol. The molecule has 4 aromatic carbocycles. The quantitative estimate of drug-likeness (QED) is 0.0943. The third kappa shape index (κ3) is 8.08. The van der Waals surface area contributed by atoms with Crippen molar-refractivity contribution in [1.82, 2.24) is 39.5 Å². The van der Waals surface area contributed by atoms with Gasteiger partial charge in [-0.2, -0.15) is 0 Å². The third-order valence-electron chi connectivity index (χ3n) is 12.0. The number of imidazole rings is 2. The highest BCUT2D eigenvalue weighted by molar-refractivity contribution is 5.88. The normalized spacial score (nSPS) is 17.1. The largest absolute Gasteiger partial charge is 0.496 e. The summed E-state index contributed by atoms with van der Waals surface area (Å²) in [5.41, 5.74) is 6.30. The molecule has 2 aromatic heterocycles. The highest BCUT2D eigenvalue weighted by atomic mass is 16.5. The average molecular weight is 837 g/mol. The first kappa shape index (κ1) is 41.3. The molecular weight excluding hydrogens is 789 g/mol. The number of H-pyrrole nitrogens is 2. The Labute approximate surface area is 358 Å². The molecule has 4 heterocycles. The number of hydrogen-bond acceptors (Lipinski definition) is 7. The molecule has 8 rings (SSSR count).